The number of nitrogens with zero attached hydrogens (tertiary/aromatic N) is 2. The smallest absolute Gasteiger partial charge is 0.307 e. The summed E-state index contributed by atoms with van der Waals surface area (Å²) >= 11 is 7.88. The Morgan fingerprint density at radius 2 is 1.96 bits per heavy atom. The fourth-order valence-corrected chi connectivity index (χ4v) is 4.48. The molecule has 0 atom stereocenters. The summed E-state index contributed by atoms with van der Waals surface area (Å²) in [6.45, 7) is 2.26. The fraction of sp³-hybridized carbons (Fsp3) is 0.190. The Bertz CT molecular complexity index is 1250. The first-order chi connectivity index (χ1) is 13.5. The van der Waals surface area contributed by atoms with Crippen LogP contribution in [-0.4, -0.2) is 15.5 Å². The van der Waals surface area contributed by atoms with Gasteiger partial charge in [-0.25, -0.2) is 4.98 Å². The zero-order valence-electron chi connectivity index (χ0n) is 15.1. The molecule has 0 aliphatic heterocycles. The Morgan fingerprint density at radius 1 is 1.18 bits per heavy atom. The van der Waals surface area contributed by atoms with Gasteiger partial charge in [-0.05, 0) is 24.6 Å². The maximum atomic E-state index is 12.6. The minimum atomic E-state index is -0.384. The number of halogens is 1. The molecule has 0 unspecified atom stereocenters. The fourth-order valence-electron chi connectivity index (χ4n) is 3.08. The first-order valence-electron chi connectivity index (χ1n) is 8.81. The molecule has 0 spiro atoms. The molecule has 7 heteroatoms. The van der Waals surface area contributed by atoms with Gasteiger partial charge in [-0.15, -0.1) is 11.3 Å². The number of hydrogen-bond acceptors (Lipinski definition) is 5. The van der Waals surface area contributed by atoms with Crippen molar-refractivity contribution in [2.75, 3.05) is 0 Å². The molecule has 5 nitrogen and oxygen atoms in total. The number of carbonyl (C=O) groups excluding carboxylic acids is 1. The van der Waals surface area contributed by atoms with E-state index in [-0.39, 0.29) is 31.1 Å². The highest BCUT2D eigenvalue weighted by atomic mass is 35.5. The van der Waals surface area contributed by atoms with Crippen LogP contribution in [0.4, 0.5) is 0 Å². The van der Waals surface area contributed by atoms with Crippen molar-refractivity contribution < 1.29 is 9.53 Å². The van der Waals surface area contributed by atoms with Gasteiger partial charge in [-0.2, -0.15) is 0 Å². The van der Waals surface area contributed by atoms with Gasteiger partial charge in [0.25, 0.3) is 5.56 Å². The number of thiophene rings is 1. The summed E-state index contributed by atoms with van der Waals surface area (Å²) in [6, 6.07) is 13.3. The number of esters is 1. The van der Waals surface area contributed by atoms with E-state index in [0.29, 0.717) is 15.9 Å². The quantitative estimate of drug-likeness (QED) is 0.445. The summed E-state index contributed by atoms with van der Waals surface area (Å²) in [7, 11) is 0. The molecule has 4 rings (SSSR count). The van der Waals surface area contributed by atoms with Crippen molar-refractivity contribution in [1.29, 1.82) is 0 Å². The number of ether oxygens (including phenoxy) is 1. The van der Waals surface area contributed by atoms with Gasteiger partial charge < -0.3 is 4.74 Å². The zero-order chi connectivity index (χ0) is 19.7. The van der Waals surface area contributed by atoms with E-state index in [1.54, 1.807) is 6.07 Å². The molecule has 28 heavy (non-hydrogen) atoms. The van der Waals surface area contributed by atoms with Crippen LogP contribution in [0, 0.1) is 6.92 Å². The Morgan fingerprint density at radius 3 is 2.79 bits per heavy atom. The third-order valence-electron chi connectivity index (χ3n) is 4.58. The van der Waals surface area contributed by atoms with Crippen molar-refractivity contribution in [2.24, 2.45) is 0 Å². The number of carbonyl (C=O) groups is 1. The van der Waals surface area contributed by atoms with Gasteiger partial charge in [-0.1, -0.05) is 41.9 Å². The van der Waals surface area contributed by atoms with Crippen LogP contribution >= 0.6 is 22.9 Å². The van der Waals surface area contributed by atoms with E-state index in [4.69, 9.17) is 16.3 Å². The molecule has 0 aliphatic rings. The minimum Gasteiger partial charge on any atom is -0.460 e. The lowest BCUT2D eigenvalue weighted by Gasteiger charge is -2.08. The second kappa shape index (κ2) is 7.73. The molecule has 2 aromatic heterocycles. The van der Waals surface area contributed by atoms with E-state index >= 15 is 0 Å². The Hall–Kier alpha value is -2.70. The molecule has 0 amide bonds. The van der Waals surface area contributed by atoms with E-state index in [0.717, 1.165) is 20.5 Å². The van der Waals surface area contributed by atoms with Gasteiger partial charge in [0.1, 0.15) is 6.61 Å². The normalized spacial score (nSPS) is 11.2. The van der Waals surface area contributed by atoms with Gasteiger partial charge in [0.15, 0.2) is 0 Å². The van der Waals surface area contributed by atoms with Crippen LogP contribution in [0.15, 0.2) is 53.6 Å². The van der Waals surface area contributed by atoms with E-state index in [1.807, 2.05) is 43.3 Å². The highest BCUT2D eigenvalue weighted by molar-refractivity contribution is 7.19. The van der Waals surface area contributed by atoms with Crippen molar-refractivity contribution in [3.8, 4) is 0 Å². The topological polar surface area (TPSA) is 61.2 Å². The molecule has 0 radical (unpaired) electrons. The van der Waals surface area contributed by atoms with Crippen LogP contribution < -0.4 is 5.56 Å². The van der Waals surface area contributed by atoms with Gasteiger partial charge in [-0.3, -0.25) is 14.2 Å². The van der Waals surface area contributed by atoms with Crippen LogP contribution in [0.2, 0.25) is 5.02 Å². The highest BCUT2D eigenvalue weighted by Crippen LogP contribution is 2.35. The summed E-state index contributed by atoms with van der Waals surface area (Å²) in [5.41, 5.74) is 1.47. The molecule has 0 aliphatic carbocycles. The number of hydrogen-bond donors (Lipinski definition) is 0. The average molecular weight is 413 g/mol. The third-order valence-corrected chi connectivity index (χ3v) is 6.27. The predicted molar refractivity (Wildman–Crippen MR) is 112 cm³/mol. The number of benzene rings is 2. The maximum absolute atomic E-state index is 12.6. The minimum absolute atomic E-state index is 0.0847. The van der Waals surface area contributed by atoms with Crippen molar-refractivity contribution in [3.63, 3.8) is 0 Å². The van der Waals surface area contributed by atoms with Crippen molar-refractivity contribution in [3.05, 3.63) is 74.6 Å². The van der Waals surface area contributed by atoms with Crippen LogP contribution in [0.5, 0.6) is 0 Å². The molecule has 4 aromatic rings. The molecular weight excluding hydrogens is 396 g/mol. The van der Waals surface area contributed by atoms with Crippen molar-refractivity contribution >= 4 is 49.9 Å². The summed E-state index contributed by atoms with van der Waals surface area (Å²) < 4.78 is 7.86. The summed E-state index contributed by atoms with van der Waals surface area (Å²) in [5.74, 6) is -0.384. The largest absolute Gasteiger partial charge is 0.460 e. The molecule has 142 valence electrons. The van der Waals surface area contributed by atoms with Crippen LogP contribution in [0.25, 0.3) is 21.0 Å². The monoisotopic (exact) mass is 412 g/mol. The molecule has 0 bridgehead atoms. The van der Waals surface area contributed by atoms with Gasteiger partial charge in [0.05, 0.1) is 33.6 Å². The van der Waals surface area contributed by atoms with E-state index in [9.17, 15) is 9.59 Å². The average Bonchev–Trinajstić information content (AvgIpc) is 3.02. The SMILES string of the molecule is Cc1cccc2c(=O)n(CCC(=O)OCc3sc4ccccc4c3Cl)cnc12. The molecule has 0 N–H and O–H groups in total. The second-order valence-corrected chi connectivity index (χ2v) is 7.97. The molecule has 0 saturated heterocycles. The molecule has 0 fully saturated rings. The van der Waals surface area contributed by atoms with E-state index in [1.165, 1.54) is 22.2 Å². The Balaban J connectivity index is 1.42. The van der Waals surface area contributed by atoms with Gasteiger partial charge >= 0.3 is 5.97 Å². The summed E-state index contributed by atoms with van der Waals surface area (Å²) in [5, 5.41) is 2.14. The lowest BCUT2D eigenvalue weighted by atomic mass is 10.1. The molecule has 2 aromatic carbocycles. The first kappa shape index (κ1) is 18.7. The molecular formula is C21H17ClN2O3S. The maximum Gasteiger partial charge on any atom is 0.307 e. The predicted octanol–water partition coefficient (Wildman–Crippen LogP) is 4.71. The number of aromatic nitrogens is 2. The number of fused-ring (bicyclic) bond motifs is 2. The Kier molecular flexibility index (Phi) is 5.15. The summed E-state index contributed by atoms with van der Waals surface area (Å²) in [4.78, 5) is 29.9. The lowest BCUT2D eigenvalue weighted by molar-refractivity contribution is -0.145. The number of rotatable bonds is 5. The highest BCUT2D eigenvalue weighted by Gasteiger charge is 2.13. The van der Waals surface area contributed by atoms with Crippen LogP contribution in [-0.2, 0) is 22.7 Å². The standard InChI is InChI=1S/C21H17ClN2O3S/c1-13-5-4-7-15-20(13)23-12-24(21(15)26)10-9-18(25)27-11-17-19(22)14-6-2-3-8-16(14)28-17/h2-8,12H,9-11H2,1H3. The number of para-hydroxylation sites is 1. The zero-order valence-corrected chi connectivity index (χ0v) is 16.7. The second-order valence-electron chi connectivity index (χ2n) is 6.46. The first-order valence-corrected chi connectivity index (χ1v) is 10.0. The van der Waals surface area contributed by atoms with E-state index < -0.39 is 0 Å². The number of aryl methyl sites for hydroxylation is 2. The van der Waals surface area contributed by atoms with Crippen LogP contribution in [0.3, 0.4) is 0 Å². The van der Waals surface area contributed by atoms with E-state index in [2.05, 4.69) is 4.98 Å². The molecule has 0 saturated carbocycles. The van der Waals surface area contributed by atoms with Gasteiger partial charge in [0.2, 0.25) is 0 Å². The summed E-state index contributed by atoms with van der Waals surface area (Å²) in [6.07, 6.45) is 1.56. The molecule has 2 heterocycles. The van der Waals surface area contributed by atoms with Crippen molar-refractivity contribution in [1.82, 2.24) is 9.55 Å². The lowest BCUT2D eigenvalue weighted by Crippen LogP contribution is -2.22. The third kappa shape index (κ3) is 3.53. The van der Waals surface area contributed by atoms with Gasteiger partial charge in [0, 0.05) is 16.6 Å². The Labute approximate surface area is 170 Å². The van der Waals surface area contributed by atoms with Crippen molar-refractivity contribution in [2.45, 2.75) is 26.5 Å². The van der Waals surface area contributed by atoms with Crippen LogP contribution in [0.1, 0.15) is 16.9 Å².